The number of piperazine rings is 1. The number of aromatic nitrogens is 2. The number of hydrogen-bond donors (Lipinski definition) is 0. The van der Waals surface area contributed by atoms with Gasteiger partial charge < -0.3 is 14.4 Å². The normalized spacial score (nSPS) is 14.8. The van der Waals surface area contributed by atoms with E-state index < -0.39 is 15.3 Å². The summed E-state index contributed by atoms with van der Waals surface area (Å²) in [7, 11) is -3.33. The molecule has 1 aliphatic heterocycles. The minimum atomic E-state index is -3.33. The van der Waals surface area contributed by atoms with Crippen molar-refractivity contribution in [3.05, 3.63) is 77.2 Å². The Kier molecular flexibility index (Phi) is 7.72. The second-order valence-electron chi connectivity index (χ2n) is 8.40. The summed E-state index contributed by atoms with van der Waals surface area (Å²) in [5.41, 5.74) is 0.788. The Morgan fingerprint density at radius 3 is 2.11 bits per heavy atom. The van der Waals surface area contributed by atoms with Crippen LogP contribution in [0.25, 0.3) is 5.69 Å². The third-order valence-corrected chi connectivity index (χ3v) is 8.07. The Labute approximate surface area is 205 Å². The average Bonchev–Trinajstić information content (AvgIpc) is 2.88. The molecule has 0 aliphatic carbocycles. The standard InChI is InChI=1S/C25H30N4O5S/c1-20(2)35(31,32)28-15-13-27(14-16-28)23-19-26-29(21-9-5-3-6-10-21)25(30)24(23)34-18-17-33-22-11-7-4-8-12-22/h3-12,19-20H,13-18H2,1-2H3. The summed E-state index contributed by atoms with van der Waals surface area (Å²) >= 11 is 0. The van der Waals surface area contributed by atoms with Gasteiger partial charge in [0.15, 0.2) is 0 Å². The highest BCUT2D eigenvalue weighted by molar-refractivity contribution is 7.89. The van der Waals surface area contributed by atoms with E-state index in [4.69, 9.17) is 9.47 Å². The quantitative estimate of drug-likeness (QED) is 0.419. The molecule has 1 saturated heterocycles. The Bertz CT molecular complexity index is 1270. The van der Waals surface area contributed by atoms with Crippen molar-refractivity contribution in [3.8, 4) is 17.2 Å². The van der Waals surface area contributed by atoms with E-state index in [-0.39, 0.29) is 24.5 Å². The zero-order chi connectivity index (χ0) is 24.8. The van der Waals surface area contributed by atoms with Gasteiger partial charge in [-0.05, 0) is 38.1 Å². The molecule has 0 N–H and O–H groups in total. The zero-order valence-electron chi connectivity index (χ0n) is 19.9. The van der Waals surface area contributed by atoms with Crippen LogP contribution in [0, 0.1) is 0 Å². The van der Waals surface area contributed by atoms with Crippen LogP contribution in [0.3, 0.4) is 0 Å². The Hall–Kier alpha value is -3.37. The topological polar surface area (TPSA) is 94.0 Å². The van der Waals surface area contributed by atoms with E-state index in [1.54, 1.807) is 32.2 Å². The van der Waals surface area contributed by atoms with Crippen LogP contribution in [0.1, 0.15) is 13.8 Å². The molecule has 0 saturated carbocycles. The number of rotatable bonds is 9. The Balaban J connectivity index is 1.55. The smallest absolute Gasteiger partial charge is 0.316 e. The van der Waals surface area contributed by atoms with Crippen molar-refractivity contribution >= 4 is 15.7 Å². The molecule has 2 aromatic carbocycles. The number of anilines is 1. The van der Waals surface area contributed by atoms with E-state index in [0.717, 1.165) is 5.75 Å². The lowest BCUT2D eigenvalue weighted by atomic mass is 10.3. The Morgan fingerprint density at radius 1 is 0.886 bits per heavy atom. The summed E-state index contributed by atoms with van der Waals surface area (Å²) in [5.74, 6) is 0.885. The van der Waals surface area contributed by atoms with E-state index in [2.05, 4.69) is 5.10 Å². The van der Waals surface area contributed by atoms with Gasteiger partial charge in [-0.1, -0.05) is 36.4 Å². The van der Waals surface area contributed by atoms with Crippen LogP contribution in [0.4, 0.5) is 5.69 Å². The molecule has 0 amide bonds. The van der Waals surface area contributed by atoms with Crippen molar-refractivity contribution in [2.75, 3.05) is 44.3 Å². The van der Waals surface area contributed by atoms with Crippen LogP contribution >= 0.6 is 0 Å². The molecule has 1 aliphatic rings. The van der Waals surface area contributed by atoms with Gasteiger partial charge in [0, 0.05) is 26.2 Å². The second-order valence-corrected chi connectivity index (χ2v) is 10.9. The third-order valence-electron chi connectivity index (χ3n) is 5.79. The van der Waals surface area contributed by atoms with Crippen LogP contribution < -0.4 is 19.9 Å². The first-order chi connectivity index (χ1) is 16.9. The minimum absolute atomic E-state index is 0.164. The first kappa shape index (κ1) is 24.7. The maximum absolute atomic E-state index is 13.4. The van der Waals surface area contributed by atoms with Crippen LogP contribution in [0.5, 0.6) is 11.5 Å². The molecule has 1 fully saturated rings. The van der Waals surface area contributed by atoms with E-state index in [1.807, 2.05) is 53.4 Å². The maximum atomic E-state index is 13.4. The SMILES string of the molecule is CC(C)S(=O)(=O)N1CCN(c2cnn(-c3ccccc3)c(=O)c2OCCOc2ccccc2)CC1. The predicted octanol–water partition coefficient (Wildman–Crippen LogP) is 2.55. The number of para-hydroxylation sites is 2. The van der Waals surface area contributed by atoms with Gasteiger partial charge in [0.1, 0.15) is 24.7 Å². The van der Waals surface area contributed by atoms with E-state index in [0.29, 0.717) is 37.6 Å². The van der Waals surface area contributed by atoms with E-state index in [1.165, 1.54) is 8.99 Å². The van der Waals surface area contributed by atoms with Crippen LogP contribution in [-0.2, 0) is 10.0 Å². The van der Waals surface area contributed by atoms with Gasteiger partial charge in [-0.15, -0.1) is 0 Å². The number of nitrogens with zero attached hydrogens (tertiary/aromatic N) is 4. The lowest BCUT2D eigenvalue weighted by Gasteiger charge is -2.36. The number of benzene rings is 2. The molecule has 9 nitrogen and oxygen atoms in total. The largest absolute Gasteiger partial charge is 0.490 e. The molecule has 35 heavy (non-hydrogen) atoms. The molecule has 4 rings (SSSR count). The molecule has 2 heterocycles. The molecule has 0 bridgehead atoms. The number of hydrogen-bond acceptors (Lipinski definition) is 7. The number of ether oxygens (including phenoxy) is 2. The van der Waals surface area contributed by atoms with Crippen molar-refractivity contribution in [1.82, 2.24) is 14.1 Å². The lowest BCUT2D eigenvalue weighted by Crippen LogP contribution is -2.50. The van der Waals surface area contributed by atoms with Crippen molar-refractivity contribution in [2.45, 2.75) is 19.1 Å². The maximum Gasteiger partial charge on any atom is 0.316 e. The van der Waals surface area contributed by atoms with Gasteiger partial charge in [0.2, 0.25) is 15.8 Å². The summed E-state index contributed by atoms with van der Waals surface area (Å²) in [6, 6.07) is 18.5. The first-order valence-corrected chi connectivity index (χ1v) is 13.1. The molecule has 3 aromatic rings. The highest BCUT2D eigenvalue weighted by atomic mass is 32.2. The second kappa shape index (κ2) is 10.9. The van der Waals surface area contributed by atoms with Crippen LogP contribution in [0.2, 0.25) is 0 Å². The monoisotopic (exact) mass is 498 g/mol. The van der Waals surface area contributed by atoms with Crippen LogP contribution in [0.15, 0.2) is 71.7 Å². The van der Waals surface area contributed by atoms with E-state index in [9.17, 15) is 13.2 Å². The fraction of sp³-hybridized carbons (Fsp3) is 0.360. The molecule has 10 heteroatoms. The van der Waals surface area contributed by atoms with Gasteiger partial charge in [-0.25, -0.2) is 8.42 Å². The average molecular weight is 499 g/mol. The van der Waals surface area contributed by atoms with Gasteiger partial charge in [-0.2, -0.15) is 14.1 Å². The Morgan fingerprint density at radius 2 is 1.49 bits per heavy atom. The minimum Gasteiger partial charge on any atom is -0.490 e. The fourth-order valence-corrected chi connectivity index (χ4v) is 5.11. The molecule has 0 radical (unpaired) electrons. The molecular formula is C25H30N4O5S. The number of sulfonamides is 1. The highest BCUT2D eigenvalue weighted by Crippen LogP contribution is 2.26. The highest BCUT2D eigenvalue weighted by Gasteiger charge is 2.31. The predicted molar refractivity (Wildman–Crippen MR) is 135 cm³/mol. The van der Waals surface area contributed by atoms with Gasteiger partial charge in [-0.3, -0.25) is 4.79 Å². The van der Waals surface area contributed by atoms with Crippen molar-refractivity contribution in [1.29, 1.82) is 0 Å². The fourth-order valence-electron chi connectivity index (χ4n) is 3.84. The van der Waals surface area contributed by atoms with Gasteiger partial charge >= 0.3 is 5.56 Å². The van der Waals surface area contributed by atoms with Crippen molar-refractivity contribution in [3.63, 3.8) is 0 Å². The van der Waals surface area contributed by atoms with Crippen molar-refractivity contribution < 1.29 is 17.9 Å². The summed E-state index contributed by atoms with van der Waals surface area (Å²) in [4.78, 5) is 15.4. The van der Waals surface area contributed by atoms with Crippen LogP contribution in [-0.4, -0.2) is 67.1 Å². The first-order valence-electron chi connectivity index (χ1n) is 11.6. The van der Waals surface area contributed by atoms with Crippen molar-refractivity contribution in [2.24, 2.45) is 0 Å². The molecule has 186 valence electrons. The lowest BCUT2D eigenvalue weighted by molar-refractivity contribution is 0.214. The molecule has 0 atom stereocenters. The summed E-state index contributed by atoms with van der Waals surface area (Å²) in [6.07, 6.45) is 1.61. The molecule has 0 spiro atoms. The zero-order valence-corrected chi connectivity index (χ0v) is 20.7. The van der Waals surface area contributed by atoms with E-state index >= 15 is 0 Å². The van der Waals surface area contributed by atoms with Gasteiger partial charge in [0.25, 0.3) is 0 Å². The summed E-state index contributed by atoms with van der Waals surface area (Å²) in [5, 5.41) is 3.90. The third kappa shape index (κ3) is 5.66. The molecular weight excluding hydrogens is 468 g/mol. The van der Waals surface area contributed by atoms with Gasteiger partial charge in [0.05, 0.1) is 17.1 Å². The summed E-state index contributed by atoms with van der Waals surface area (Å²) in [6.45, 7) is 5.31. The molecule has 1 aromatic heterocycles. The summed E-state index contributed by atoms with van der Waals surface area (Å²) < 4.78 is 39.6. The molecule has 0 unspecified atom stereocenters.